The first kappa shape index (κ1) is 20.2. The minimum Gasteiger partial charge on any atom is -0.382 e. The lowest BCUT2D eigenvalue weighted by Gasteiger charge is -2.33. The van der Waals surface area contributed by atoms with Crippen molar-refractivity contribution in [1.29, 1.82) is 0 Å². The number of nitrogens with one attached hydrogen (secondary N) is 3. The molecular weight excluding hydrogens is 340 g/mol. The molecule has 0 radical (unpaired) electrons. The van der Waals surface area contributed by atoms with Crippen LogP contribution < -0.4 is 16.0 Å². The van der Waals surface area contributed by atoms with Crippen LogP contribution in [0, 0.1) is 5.92 Å². The summed E-state index contributed by atoms with van der Waals surface area (Å²) in [5.41, 5.74) is -0.884. The quantitative estimate of drug-likeness (QED) is 0.453. The molecule has 6 amide bonds. The molecule has 1 aliphatic carbocycles. The first-order valence-electron chi connectivity index (χ1n) is 9.17. The van der Waals surface area contributed by atoms with Crippen LogP contribution in [0.15, 0.2) is 0 Å². The van der Waals surface area contributed by atoms with E-state index in [2.05, 4.69) is 22.9 Å². The third kappa shape index (κ3) is 4.94. The Kier molecular flexibility index (Phi) is 6.96. The summed E-state index contributed by atoms with van der Waals surface area (Å²) in [5.74, 6) is -0.548. The maximum absolute atomic E-state index is 12.6. The summed E-state index contributed by atoms with van der Waals surface area (Å²) in [4.78, 5) is 49.3. The Morgan fingerprint density at radius 3 is 2.65 bits per heavy atom. The van der Waals surface area contributed by atoms with E-state index in [0.717, 1.165) is 17.7 Å². The zero-order valence-corrected chi connectivity index (χ0v) is 15.4. The van der Waals surface area contributed by atoms with Gasteiger partial charge in [0.05, 0.1) is 0 Å². The minimum absolute atomic E-state index is 0.365. The predicted octanol–water partition coefficient (Wildman–Crippen LogP) is 0.740. The van der Waals surface area contributed by atoms with Crippen LogP contribution in [0.1, 0.15) is 46.0 Å². The molecule has 2 aliphatic rings. The van der Waals surface area contributed by atoms with Crippen molar-refractivity contribution in [1.82, 2.24) is 20.9 Å². The summed E-state index contributed by atoms with van der Waals surface area (Å²) in [6.45, 7) is 5.03. The van der Waals surface area contributed by atoms with Gasteiger partial charge in [-0.25, -0.2) is 9.59 Å². The van der Waals surface area contributed by atoms with Crippen LogP contribution in [-0.2, 0) is 14.3 Å². The van der Waals surface area contributed by atoms with Crippen molar-refractivity contribution in [3.63, 3.8) is 0 Å². The summed E-state index contributed by atoms with van der Waals surface area (Å²) in [5, 5.41) is 7.41. The monoisotopic (exact) mass is 368 g/mol. The number of amides is 6. The van der Waals surface area contributed by atoms with Crippen LogP contribution in [0.5, 0.6) is 0 Å². The van der Waals surface area contributed by atoms with E-state index in [-0.39, 0.29) is 5.91 Å². The van der Waals surface area contributed by atoms with Crippen molar-refractivity contribution in [3.8, 4) is 0 Å². The topological polar surface area (TPSA) is 117 Å². The fraction of sp³-hybridized carbons (Fsp3) is 0.765. The van der Waals surface area contributed by atoms with Crippen LogP contribution in [0.3, 0.4) is 0 Å². The SMILES string of the molecule is CCOCCCNC(=O)NC(=O)CN1C(=O)NC2(CCC(C)CC2)C1=O. The maximum Gasteiger partial charge on any atom is 0.325 e. The molecule has 1 aliphatic heterocycles. The van der Waals surface area contributed by atoms with E-state index in [9.17, 15) is 19.2 Å². The predicted molar refractivity (Wildman–Crippen MR) is 93.3 cm³/mol. The van der Waals surface area contributed by atoms with Gasteiger partial charge in [-0.15, -0.1) is 0 Å². The zero-order chi connectivity index (χ0) is 19.2. The maximum atomic E-state index is 12.6. The Labute approximate surface area is 153 Å². The average Bonchev–Trinajstić information content (AvgIpc) is 2.82. The van der Waals surface area contributed by atoms with Gasteiger partial charge in [0.15, 0.2) is 0 Å². The van der Waals surface area contributed by atoms with Crippen LogP contribution in [0.2, 0.25) is 0 Å². The molecule has 1 heterocycles. The zero-order valence-electron chi connectivity index (χ0n) is 15.4. The van der Waals surface area contributed by atoms with Gasteiger partial charge in [0.1, 0.15) is 12.1 Å². The van der Waals surface area contributed by atoms with E-state index in [4.69, 9.17) is 4.74 Å². The highest BCUT2D eigenvalue weighted by Gasteiger charge is 2.52. The highest BCUT2D eigenvalue weighted by Crippen LogP contribution is 2.36. The molecule has 9 heteroatoms. The van der Waals surface area contributed by atoms with E-state index in [1.165, 1.54) is 0 Å². The second kappa shape index (κ2) is 8.98. The van der Waals surface area contributed by atoms with Gasteiger partial charge in [-0.1, -0.05) is 6.92 Å². The summed E-state index contributed by atoms with van der Waals surface area (Å²) in [6.07, 6.45) is 3.50. The number of hydrogen-bond donors (Lipinski definition) is 3. The van der Waals surface area contributed by atoms with Gasteiger partial charge < -0.3 is 15.4 Å². The second-order valence-electron chi connectivity index (χ2n) is 6.94. The number of hydrogen-bond acceptors (Lipinski definition) is 5. The average molecular weight is 368 g/mol. The fourth-order valence-electron chi connectivity index (χ4n) is 3.29. The van der Waals surface area contributed by atoms with E-state index >= 15 is 0 Å². The Balaban J connectivity index is 1.78. The molecule has 0 aromatic carbocycles. The lowest BCUT2D eigenvalue weighted by atomic mass is 9.77. The highest BCUT2D eigenvalue weighted by atomic mass is 16.5. The Morgan fingerprint density at radius 1 is 1.31 bits per heavy atom. The van der Waals surface area contributed by atoms with Gasteiger partial charge in [-0.3, -0.25) is 19.8 Å². The van der Waals surface area contributed by atoms with Crippen molar-refractivity contribution >= 4 is 23.9 Å². The Morgan fingerprint density at radius 2 is 2.00 bits per heavy atom. The fourth-order valence-corrected chi connectivity index (χ4v) is 3.29. The third-order valence-corrected chi connectivity index (χ3v) is 4.88. The van der Waals surface area contributed by atoms with Gasteiger partial charge >= 0.3 is 12.1 Å². The molecule has 0 unspecified atom stereocenters. The van der Waals surface area contributed by atoms with Gasteiger partial charge in [0.2, 0.25) is 5.91 Å². The van der Waals surface area contributed by atoms with Crippen molar-refractivity contribution in [2.75, 3.05) is 26.3 Å². The molecule has 1 spiro atoms. The van der Waals surface area contributed by atoms with Crippen molar-refractivity contribution in [2.24, 2.45) is 5.92 Å². The van der Waals surface area contributed by atoms with Crippen LogP contribution in [0.4, 0.5) is 9.59 Å². The molecule has 2 fully saturated rings. The number of carbonyl (C=O) groups excluding carboxylic acids is 4. The summed E-state index contributed by atoms with van der Waals surface area (Å²) < 4.78 is 5.14. The molecule has 0 aromatic rings. The van der Waals surface area contributed by atoms with E-state index in [1.54, 1.807) is 0 Å². The number of ether oxygens (including phenoxy) is 1. The number of imide groups is 2. The molecule has 1 saturated carbocycles. The molecule has 2 rings (SSSR count). The van der Waals surface area contributed by atoms with Crippen LogP contribution >= 0.6 is 0 Å². The first-order chi connectivity index (χ1) is 12.4. The van der Waals surface area contributed by atoms with Crippen molar-refractivity contribution in [3.05, 3.63) is 0 Å². The summed E-state index contributed by atoms with van der Waals surface area (Å²) in [7, 11) is 0. The molecule has 146 valence electrons. The minimum atomic E-state index is -0.884. The molecule has 9 nitrogen and oxygen atoms in total. The van der Waals surface area contributed by atoms with Gasteiger partial charge in [0, 0.05) is 19.8 Å². The molecule has 0 aromatic heterocycles. The normalized spacial score (nSPS) is 25.3. The van der Waals surface area contributed by atoms with Crippen molar-refractivity contribution in [2.45, 2.75) is 51.5 Å². The van der Waals surface area contributed by atoms with E-state index < -0.39 is 30.1 Å². The molecule has 0 bridgehead atoms. The first-order valence-corrected chi connectivity index (χ1v) is 9.17. The Bertz CT molecular complexity index is 557. The third-order valence-electron chi connectivity index (χ3n) is 4.88. The lowest BCUT2D eigenvalue weighted by molar-refractivity contribution is -0.135. The highest BCUT2D eigenvalue weighted by molar-refractivity contribution is 6.10. The second-order valence-corrected chi connectivity index (χ2v) is 6.94. The van der Waals surface area contributed by atoms with Gasteiger partial charge in [-0.2, -0.15) is 0 Å². The van der Waals surface area contributed by atoms with Crippen LogP contribution in [0.25, 0.3) is 0 Å². The Hall–Kier alpha value is -2.16. The molecular formula is C17H28N4O5. The molecule has 26 heavy (non-hydrogen) atoms. The van der Waals surface area contributed by atoms with E-state index in [1.807, 2.05) is 6.92 Å². The van der Waals surface area contributed by atoms with E-state index in [0.29, 0.717) is 44.9 Å². The van der Waals surface area contributed by atoms with Crippen molar-refractivity contribution < 1.29 is 23.9 Å². The smallest absolute Gasteiger partial charge is 0.325 e. The van der Waals surface area contributed by atoms with Gasteiger partial charge in [-0.05, 0) is 44.9 Å². The summed E-state index contributed by atoms with van der Waals surface area (Å²) in [6, 6.07) is -1.23. The molecule has 0 atom stereocenters. The standard InChI is InChI=1S/C17H28N4O5/c1-3-26-10-4-9-18-15(24)19-13(22)11-21-14(23)17(20-16(21)25)7-5-12(2)6-8-17/h12H,3-11H2,1-2H3,(H,20,25)(H2,18,19,22,24). The lowest BCUT2D eigenvalue weighted by Crippen LogP contribution is -2.50. The number of nitrogens with zero attached hydrogens (tertiary/aromatic N) is 1. The largest absolute Gasteiger partial charge is 0.382 e. The molecule has 1 saturated heterocycles. The van der Waals surface area contributed by atoms with Gasteiger partial charge in [0.25, 0.3) is 5.91 Å². The number of urea groups is 2. The number of carbonyl (C=O) groups is 4. The molecule has 3 N–H and O–H groups in total. The number of rotatable bonds is 7. The van der Waals surface area contributed by atoms with Crippen LogP contribution in [-0.4, -0.2) is 60.6 Å². The summed E-state index contributed by atoms with van der Waals surface area (Å²) >= 11 is 0.